The molecule has 12 heavy (non-hydrogen) atoms. The van der Waals surface area contributed by atoms with Gasteiger partial charge >= 0.3 is 0 Å². The fourth-order valence-electron chi connectivity index (χ4n) is 0.961. The number of hydrogen-bond acceptors (Lipinski definition) is 1. The highest BCUT2D eigenvalue weighted by atomic mass is 79.9. The molecule has 0 aromatic heterocycles. The van der Waals surface area contributed by atoms with E-state index in [0.717, 1.165) is 5.56 Å². The molecule has 1 nitrogen and oxygen atoms in total. The lowest BCUT2D eigenvalue weighted by atomic mass is 10.1. The van der Waals surface area contributed by atoms with E-state index in [9.17, 15) is 4.79 Å². The standard InChI is InChI=1S/C9H10BrOP/c10-12-7-9(11)6-8-4-2-1-3-5-8/h1-5,12H,6-7H2. The molecule has 0 bridgehead atoms. The van der Waals surface area contributed by atoms with Gasteiger partial charge in [0.1, 0.15) is 5.78 Å². The van der Waals surface area contributed by atoms with Crippen molar-refractivity contribution < 1.29 is 4.79 Å². The predicted molar refractivity (Wildman–Crippen MR) is 57.3 cm³/mol. The van der Waals surface area contributed by atoms with Gasteiger partial charge in [-0.1, -0.05) is 45.8 Å². The maximum atomic E-state index is 11.2. The van der Waals surface area contributed by atoms with Gasteiger partial charge in [0.2, 0.25) is 0 Å². The van der Waals surface area contributed by atoms with Crippen LogP contribution in [0.25, 0.3) is 0 Å². The Morgan fingerprint density at radius 1 is 1.33 bits per heavy atom. The third-order valence-electron chi connectivity index (χ3n) is 1.51. The number of Topliss-reactive ketones (excluding diaryl/α,β-unsaturated/α-hetero) is 1. The number of carbonyl (C=O) groups is 1. The van der Waals surface area contributed by atoms with Crippen LogP contribution in [0.2, 0.25) is 0 Å². The molecule has 0 aliphatic rings. The predicted octanol–water partition coefficient (Wildman–Crippen LogP) is 2.79. The number of carbonyl (C=O) groups excluding carboxylic acids is 1. The smallest absolute Gasteiger partial charge is 0.142 e. The summed E-state index contributed by atoms with van der Waals surface area (Å²) in [5.74, 6) is 0.302. The molecule has 1 aromatic carbocycles. The van der Waals surface area contributed by atoms with Crippen molar-refractivity contribution in [2.24, 2.45) is 0 Å². The average molecular weight is 245 g/mol. The van der Waals surface area contributed by atoms with Crippen molar-refractivity contribution in [1.82, 2.24) is 0 Å². The second kappa shape index (κ2) is 5.45. The summed E-state index contributed by atoms with van der Waals surface area (Å²) in [7, 11) is 0.553. The zero-order valence-electron chi connectivity index (χ0n) is 6.59. The van der Waals surface area contributed by atoms with Gasteiger partial charge in [0.05, 0.1) is 0 Å². The zero-order valence-corrected chi connectivity index (χ0v) is 9.17. The van der Waals surface area contributed by atoms with Crippen LogP contribution < -0.4 is 0 Å². The monoisotopic (exact) mass is 244 g/mol. The summed E-state index contributed by atoms with van der Waals surface area (Å²) >= 11 is 3.27. The van der Waals surface area contributed by atoms with Gasteiger partial charge in [0.15, 0.2) is 0 Å². The minimum atomic E-state index is 0.302. The number of halogens is 1. The normalized spacial score (nSPS) is 10.8. The molecule has 0 fully saturated rings. The number of hydrogen-bond donors (Lipinski definition) is 0. The van der Waals surface area contributed by atoms with Gasteiger partial charge in [-0.25, -0.2) is 0 Å². The van der Waals surface area contributed by atoms with E-state index in [2.05, 4.69) is 15.5 Å². The fraction of sp³-hybridized carbons (Fsp3) is 0.222. The summed E-state index contributed by atoms with van der Waals surface area (Å²) in [5.41, 5.74) is 1.10. The molecule has 0 heterocycles. The molecule has 0 amide bonds. The Kier molecular flexibility index (Phi) is 4.49. The lowest BCUT2D eigenvalue weighted by Crippen LogP contribution is -2.03. The summed E-state index contributed by atoms with van der Waals surface area (Å²) < 4.78 is 0. The molecule has 0 spiro atoms. The average Bonchev–Trinajstić information content (AvgIpc) is 2.06. The number of rotatable bonds is 4. The van der Waals surface area contributed by atoms with Crippen molar-refractivity contribution in [2.45, 2.75) is 6.42 Å². The molecule has 0 saturated carbocycles. The molecular weight excluding hydrogens is 235 g/mol. The van der Waals surface area contributed by atoms with E-state index in [0.29, 0.717) is 25.6 Å². The van der Waals surface area contributed by atoms with Gasteiger partial charge in [-0.2, -0.15) is 0 Å². The van der Waals surface area contributed by atoms with Crippen LogP contribution in [0.1, 0.15) is 5.56 Å². The van der Waals surface area contributed by atoms with Crippen LogP contribution in [0.5, 0.6) is 0 Å². The molecule has 1 aromatic rings. The van der Waals surface area contributed by atoms with E-state index in [1.807, 2.05) is 30.3 Å². The molecule has 1 atom stereocenters. The molecule has 1 rings (SSSR count). The van der Waals surface area contributed by atoms with E-state index in [-0.39, 0.29) is 0 Å². The second-order valence-corrected chi connectivity index (χ2v) is 4.81. The maximum Gasteiger partial charge on any atom is 0.142 e. The van der Waals surface area contributed by atoms with E-state index in [1.165, 1.54) is 0 Å². The van der Waals surface area contributed by atoms with Crippen LogP contribution >= 0.6 is 22.8 Å². The van der Waals surface area contributed by atoms with Gasteiger partial charge < -0.3 is 0 Å². The van der Waals surface area contributed by atoms with Gasteiger partial charge in [-0.3, -0.25) is 4.79 Å². The molecular formula is C9H10BrOP. The van der Waals surface area contributed by atoms with E-state index < -0.39 is 0 Å². The van der Waals surface area contributed by atoms with Crippen molar-refractivity contribution >= 4 is 28.6 Å². The molecule has 0 aliphatic carbocycles. The molecule has 0 N–H and O–H groups in total. The van der Waals surface area contributed by atoms with Crippen molar-refractivity contribution in [3.05, 3.63) is 35.9 Å². The van der Waals surface area contributed by atoms with Crippen LogP contribution in [0.4, 0.5) is 0 Å². The lowest BCUT2D eigenvalue weighted by molar-refractivity contribution is -0.116. The molecule has 0 radical (unpaired) electrons. The number of ketones is 1. The van der Waals surface area contributed by atoms with Crippen molar-refractivity contribution in [2.75, 3.05) is 6.16 Å². The van der Waals surface area contributed by atoms with E-state index >= 15 is 0 Å². The molecule has 0 saturated heterocycles. The lowest BCUT2D eigenvalue weighted by Gasteiger charge is -1.97. The highest BCUT2D eigenvalue weighted by Crippen LogP contribution is 2.19. The highest BCUT2D eigenvalue weighted by Gasteiger charge is 2.00. The van der Waals surface area contributed by atoms with Crippen LogP contribution in [-0.2, 0) is 11.2 Å². The first-order valence-corrected chi connectivity index (χ1v) is 7.18. The molecule has 64 valence electrons. The second-order valence-electron chi connectivity index (χ2n) is 2.51. The van der Waals surface area contributed by atoms with E-state index in [1.54, 1.807) is 0 Å². The Bertz CT molecular complexity index is 248. The Hall–Kier alpha value is -0.200. The Morgan fingerprint density at radius 3 is 2.58 bits per heavy atom. The summed E-state index contributed by atoms with van der Waals surface area (Å²) in [6.45, 7) is 0. The Morgan fingerprint density at radius 2 is 2.00 bits per heavy atom. The zero-order chi connectivity index (χ0) is 8.81. The Balaban J connectivity index is 2.47. The fourth-order valence-corrected chi connectivity index (χ4v) is 2.17. The molecule has 0 aliphatic heterocycles. The first-order valence-electron chi connectivity index (χ1n) is 3.72. The van der Waals surface area contributed by atoms with Gasteiger partial charge in [-0.15, -0.1) is 0 Å². The SMILES string of the molecule is O=C(CPBr)Cc1ccccc1. The van der Waals surface area contributed by atoms with Crippen molar-refractivity contribution in [3.8, 4) is 0 Å². The third-order valence-corrected chi connectivity index (χ3v) is 2.88. The molecule has 1 unspecified atom stereocenters. The van der Waals surface area contributed by atoms with Crippen LogP contribution in [-0.4, -0.2) is 11.9 Å². The topological polar surface area (TPSA) is 17.1 Å². The number of benzene rings is 1. The Labute approximate surface area is 82.1 Å². The molecule has 3 heteroatoms. The maximum absolute atomic E-state index is 11.2. The summed E-state index contributed by atoms with van der Waals surface area (Å²) in [4.78, 5) is 11.2. The van der Waals surface area contributed by atoms with Crippen LogP contribution in [0.3, 0.4) is 0 Å². The summed E-state index contributed by atoms with van der Waals surface area (Å²) in [6.07, 6.45) is 1.22. The van der Waals surface area contributed by atoms with Crippen molar-refractivity contribution in [1.29, 1.82) is 0 Å². The van der Waals surface area contributed by atoms with Gasteiger partial charge in [-0.05, 0) is 12.8 Å². The largest absolute Gasteiger partial charge is 0.299 e. The first-order chi connectivity index (χ1) is 5.83. The van der Waals surface area contributed by atoms with Crippen molar-refractivity contribution in [3.63, 3.8) is 0 Å². The van der Waals surface area contributed by atoms with E-state index in [4.69, 9.17) is 0 Å². The minimum Gasteiger partial charge on any atom is -0.299 e. The highest BCUT2D eigenvalue weighted by molar-refractivity contribution is 9.36. The summed E-state index contributed by atoms with van der Waals surface area (Å²) in [5, 5.41) is 0. The quantitative estimate of drug-likeness (QED) is 0.745. The van der Waals surface area contributed by atoms with Crippen LogP contribution in [0.15, 0.2) is 30.3 Å². The summed E-state index contributed by atoms with van der Waals surface area (Å²) in [6, 6.07) is 9.84. The third kappa shape index (κ3) is 3.46. The van der Waals surface area contributed by atoms with Gasteiger partial charge in [0.25, 0.3) is 0 Å². The first kappa shape index (κ1) is 9.88. The minimum absolute atomic E-state index is 0.302. The van der Waals surface area contributed by atoms with Gasteiger partial charge in [0, 0.05) is 12.6 Å². The van der Waals surface area contributed by atoms with Crippen LogP contribution in [0, 0.1) is 0 Å².